The van der Waals surface area contributed by atoms with E-state index in [1.807, 2.05) is 57.2 Å². The van der Waals surface area contributed by atoms with Gasteiger partial charge in [0.15, 0.2) is 11.6 Å². The van der Waals surface area contributed by atoms with Crippen LogP contribution in [0, 0.1) is 5.92 Å². The van der Waals surface area contributed by atoms with Crippen LogP contribution < -0.4 is 0 Å². The molecule has 0 saturated carbocycles. The summed E-state index contributed by atoms with van der Waals surface area (Å²) in [7, 11) is 0. The molecule has 0 aliphatic carbocycles. The molecular formula is C31H34N4O4. The SMILES string of the molecule is CC(C)(C)OC(=O)N1CCC(CCC(=O)c2cccc3[nH]c(CC(=O)c4cc5ccccc5cn4)nc23)CC1. The highest BCUT2D eigenvalue weighted by Gasteiger charge is 2.27. The van der Waals surface area contributed by atoms with E-state index in [0.717, 1.165) is 35.6 Å². The summed E-state index contributed by atoms with van der Waals surface area (Å²) in [4.78, 5) is 52.4. The van der Waals surface area contributed by atoms with E-state index in [1.54, 1.807) is 23.2 Å². The minimum absolute atomic E-state index is 0.0377. The molecule has 0 atom stereocenters. The number of H-pyrrole nitrogens is 1. The summed E-state index contributed by atoms with van der Waals surface area (Å²) in [5.41, 5.74) is 1.78. The monoisotopic (exact) mass is 526 g/mol. The molecule has 2 aromatic carbocycles. The minimum Gasteiger partial charge on any atom is -0.444 e. The molecule has 0 spiro atoms. The van der Waals surface area contributed by atoms with Crippen LogP contribution >= 0.6 is 0 Å². The summed E-state index contributed by atoms with van der Waals surface area (Å²) < 4.78 is 5.48. The first-order valence-electron chi connectivity index (χ1n) is 13.5. The predicted octanol–water partition coefficient (Wildman–Crippen LogP) is 6.15. The molecule has 0 unspecified atom stereocenters. The van der Waals surface area contributed by atoms with Gasteiger partial charge < -0.3 is 14.6 Å². The third-order valence-corrected chi connectivity index (χ3v) is 7.15. The normalized spacial score (nSPS) is 14.6. The number of nitrogens with one attached hydrogen (secondary N) is 1. The number of piperidine rings is 1. The van der Waals surface area contributed by atoms with Crippen LogP contribution in [0.5, 0.6) is 0 Å². The number of hydrogen-bond donors (Lipinski definition) is 1. The zero-order valence-electron chi connectivity index (χ0n) is 22.7. The van der Waals surface area contributed by atoms with Crippen molar-refractivity contribution in [2.45, 2.75) is 58.5 Å². The molecule has 2 aromatic heterocycles. The van der Waals surface area contributed by atoms with Crippen LogP contribution in [0.4, 0.5) is 4.79 Å². The summed E-state index contributed by atoms with van der Waals surface area (Å²) in [5.74, 6) is 0.800. The first kappa shape index (κ1) is 26.5. The van der Waals surface area contributed by atoms with Crippen LogP contribution in [0.1, 0.15) is 73.1 Å². The Morgan fingerprint density at radius 2 is 1.74 bits per heavy atom. The Hall–Kier alpha value is -4.07. The van der Waals surface area contributed by atoms with Gasteiger partial charge in [0.05, 0.1) is 17.5 Å². The van der Waals surface area contributed by atoms with Crippen molar-refractivity contribution in [1.29, 1.82) is 0 Å². The van der Waals surface area contributed by atoms with Crippen LogP contribution in [-0.4, -0.2) is 56.2 Å². The number of fused-ring (bicyclic) bond motifs is 2. The number of ketones is 2. The lowest BCUT2D eigenvalue weighted by Crippen LogP contribution is -2.41. The number of carbonyl (C=O) groups is 3. The molecule has 0 bridgehead atoms. The van der Waals surface area contributed by atoms with E-state index in [2.05, 4.69) is 15.0 Å². The van der Waals surface area contributed by atoms with Crippen LogP contribution in [0.2, 0.25) is 0 Å². The van der Waals surface area contributed by atoms with Crippen molar-refractivity contribution < 1.29 is 19.1 Å². The van der Waals surface area contributed by atoms with E-state index < -0.39 is 5.60 Å². The number of likely N-dealkylation sites (tertiary alicyclic amines) is 1. The fourth-order valence-electron chi connectivity index (χ4n) is 5.07. The Bertz CT molecular complexity index is 1530. The van der Waals surface area contributed by atoms with Gasteiger partial charge in [0, 0.05) is 36.7 Å². The maximum absolute atomic E-state index is 13.2. The van der Waals surface area contributed by atoms with Crippen LogP contribution in [0.25, 0.3) is 21.8 Å². The standard InChI is InChI=1S/C31H34N4O4/c1-31(2,3)39-30(38)35-15-13-20(14-16-35)11-12-26(36)23-9-6-10-24-29(23)34-28(33-24)18-27(37)25-17-21-7-4-5-8-22(21)19-32-25/h4-10,17,19-20H,11-16,18H2,1-3H3,(H,33,34). The highest BCUT2D eigenvalue weighted by molar-refractivity contribution is 6.06. The summed E-state index contributed by atoms with van der Waals surface area (Å²) in [5, 5.41) is 1.94. The first-order valence-corrected chi connectivity index (χ1v) is 13.5. The van der Waals surface area contributed by atoms with Gasteiger partial charge in [0.1, 0.15) is 17.1 Å². The van der Waals surface area contributed by atoms with Gasteiger partial charge in [0.25, 0.3) is 0 Å². The largest absolute Gasteiger partial charge is 0.444 e. The van der Waals surface area contributed by atoms with Gasteiger partial charge in [-0.25, -0.2) is 9.78 Å². The van der Waals surface area contributed by atoms with Crippen molar-refractivity contribution in [2.75, 3.05) is 13.1 Å². The number of hydrogen-bond acceptors (Lipinski definition) is 6. The van der Waals surface area contributed by atoms with Crippen molar-refractivity contribution in [2.24, 2.45) is 5.92 Å². The second-order valence-electron chi connectivity index (χ2n) is 11.3. The first-order chi connectivity index (χ1) is 18.7. The van der Waals surface area contributed by atoms with Crippen molar-refractivity contribution in [1.82, 2.24) is 19.9 Å². The molecular weight excluding hydrogens is 492 g/mol. The fraction of sp³-hybridized carbons (Fsp3) is 0.387. The molecule has 1 aliphatic rings. The highest BCUT2D eigenvalue weighted by Crippen LogP contribution is 2.26. The van der Waals surface area contributed by atoms with Gasteiger partial charge >= 0.3 is 6.09 Å². The van der Waals surface area contributed by atoms with Gasteiger partial charge in [-0.05, 0) is 69.5 Å². The number of rotatable bonds is 7. The third kappa shape index (κ3) is 6.33. The summed E-state index contributed by atoms with van der Waals surface area (Å²) in [6.07, 6.45) is 4.40. The molecule has 202 valence electrons. The second-order valence-corrected chi connectivity index (χ2v) is 11.3. The molecule has 5 rings (SSSR count). The molecule has 1 aliphatic heterocycles. The lowest BCUT2D eigenvalue weighted by atomic mass is 9.90. The summed E-state index contributed by atoms with van der Waals surface area (Å²) in [6.45, 7) is 6.89. The Kier molecular flexibility index (Phi) is 7.46. The number of carbonyl (C=O) groups excluding carboxylic acids is 3. The maximum Gasteiger partial charge on any atom is 0.410 e. The van der Waals surface area contributed by atoms with Gasteiger partial charge in [-0.1, -0.05) is 30.3 Å². The molecule has 1 fully saturated rings. The van der Waals surface area contributed by atoms with E-state index in [-0.39, 0.29) is 24.1 Å². The molecule has 39 heavy (non-hydrogen) atoms. The minimum atomic E-state index is -0.506. The zero-order valence-corrected chi connectivity index (χ0v) is 22.7. The number of benzene rings is 2. The number of aromatic amines is 1. The number of Topliss-reactive ketones (excluding diaryl/α,β-unsaturated/α-hetero) is 2. The number of imidazole rings is 1. The lowest BCUT2D eigenvalue weighted by Gasteiger charge is -2.33. The van der Waals surface area contributed by atoms with Crippen LogP contribution in [0.3, 0.4) is 0 Å². The van der Waals surface area contributed by atoms with E-state index in [9.17, 15) is 14.4 Å². The zero-order chi connectivity index (χ0) is 27.6. The molecule has 1 amide bonds. The molecule has 1 saturated heterocycles. The predicted molar refractivity (Wildman–Crippen MR) is 150 cm³/mol. The highest BCUT2D eigenvalue weighted by atomic mass is 16.6. The molecule has 3 heterocycles. The molecule has 8 heteroatoms. The Labute approximate surface area is 227 Å². The Morgan fingerprint density at radius 1 is 1.00 bits per heavy atom. The van der Waals surface area contributed by atoms with Gasteiger partial charge in [-0.2, -0.15) is 0 Å². The Balaban J connectivity index is 1.20. The van der Waals surface area contributed by atoms with E-state index >= 15 is 0 Å². The Morgan fingerprint density at radius 3 is 2.49 bits per heavy atom. The van der Waals surface area contributed by atoms with Gasteiger partial charge in [0.2, 0.25) is 0 Å². The third-order valence-electron chi connectivity index (χ3n) is 7.15. The molecule has 4 aromatic rings. The van der Waals surface area contributed by atoms with E-state index in [1.165, 1.54) is 0 Å². The van der Waals surface area contributed by atoms with E-state index in [4.69, 9.17) is 4.74 Å². The van der Waals surface area contributed by atoms with Gasteiger partial charge in [-0.3, -0.25) is 14.6 Å². The smallest absolute Gasteiger partial charge is 0.410 e. The lowest BCUT2D eigenvalue weighted by molar-refractivity contribution is 0.0180. The van der Waals surface area contributed by atoms with Crippen LogP contribution in [0.15, 0.2) is 54.7 Å². The summed E-state index contributed by atoms with van der Waals surface area (Å²) in [6, 6.07) is 15.1. The molecule has 0 radical (unpaired) electrons. The van der Waals surface area contributed by atoms with Crippen molar-refractivity contribution in [3.63, 3.8) is 0 Å². The fourth-order valence-corrected chi connectivity index (χ4v) is 5.07. The average Bonchev–Trinajstić information content (AvgIpc) is 3.33. The van der Waals surface area contributed by atoms with Crippen molar-refractivity contribution >= 4 is 39.5 Å². The number of amides is 1. The maximum atomic E-state index is 13.2. The topological polar surface area (TPSA) is 105 Å². The summed E-state index contributed by atoms with van der Waals surface area (Å²) >= 11 is 0. The van der Waals surface area contributed by atoms with Gasteiger partial charge in [-0.15, -0.1) is 0 Å². The molecule has 8 nitrogen and oxygen atoms in total. The number of para-hydroxylation sites is 1. The quantitative estimate of drug-likeness (QED) is 0.290. The van der Waals surface area contributed by atoms with Crippen molar-refractivity contribution in [3.05, 3.63) is 71.8 Å². The number of aromatic nitrogens is 3. The van der Waals surface area contributed by atoms with Crippen LogP contribution in [-0.2, 0) is 11.2 Å². The average molecular weight is 527 g/mol. The number of nitrogens with zero attached hydrogens (tertiary/aromatic N) is 3. The number of ether oxygens (including phenoxy) is 1. The van der Waals surface area contributed by atoms with E-state index in [0.29, 0.717) is 48.0 Å². The number of pyridine rings is 1. The molecule has 1 N–H and O–H groups in total. The second kappa shape index (κ2) is 11.0. The van der Waals surface area contributed by atoms with Crippen molar-refractivity contribution in [3.8, 4) is 0 Å².